The first-order valence-corrected chi connectivity index (χ1v) is 19.3. The van der Waals surface area contributed by atoms with Gasteiger partial charge in [-0.15, -0.1) is 23.2 Å². The van der Waals surface area contributed by atoms with Crippen LogP contribution in [0.15, 0.2) is 0 Å². The van der Waals surface area contributed by atoms with E-state index in [2.05, 4.69) is 180 Å². The van der Waals surface area contributed by atoms with E-state index >= 15 is 0 Å². The molecule has 242 valence electrons. The van der Waals surface area contributed by atoms with Gasteiger partial charge in [-0.05, 0) is 79.8 Å². The Hall–Kier alpha value is 2.48. The van der Waals surface area contributed by atoms with E-state index in [4.69, 9.17) is 23.2 Å². The van der Waals surface area contributed by atoms with Crippen LogP contribution in [0.1, 0.15) is 125 Å². The fourth-order valence-corrected chi connectivity index (χ4v) is 7.25. The van der Waals surface area contributed by atoms with Gasteiger partial charge in [0.15, 0.2) is 0 Å². The monoisotopic (exact) mass is 820 g/mol. The van der Waals surface area contributed by atoms with Crippen molar-refractivity contribution in [2.45, 2.75) is 125 Å². The van der Waals surface area contributed by atoms with Gasteiger partial charge in [-0.3, -0.25) is 0 Å². The zero-order valence-electron chi connectivity index (χ0n) is 28.7. The van der Waals surface area contributed by atoms with Gasteiger partial charge in [0.2, 0.25) is 0 Å². The Kier molecular flexibility index (Phi) is 18.2. The number of hydrogen-bond donors (Lipinski definition) is 0. The van der Waals surface area contributed by atoms with Gasteiger partial charge in [-0.2, -0.15) is 0 Å². The fraction of sp³-hybridized carbons (Fsp3) is 0.824. The molecule has 40 heavy (non-hydrogen) atoms. The molecule has 0 atom stereocenters. The van der Waals surface area contributed by atoms with Crippen LogP contribution in [-0.2, 0) is 36.4 Å². The Bertz CT molecular complexity index is 605. The van der Waals surface area contributed by atoms with Gasteiger partial charge < -0.3 is 0 Å². The van der Waals surface area contributed by atoms with Crippen molar-refractivity contribution in [3.8, 4) is 0 Å². The molecular formula is C34H60Cl4Pd2+2. The van der Waals surface area contributed by atoms with Crippen LogP contribution in [-0.4, -0.2) is 11.8 Å². The molecule has 0 unspecified atom stereocenters. The van der Waals surface area contributed by atoms with E-state index in [1.165, 1.54) is 0 Å². The summed E-state index contributed by atoms with van der Waals surface area (Å²) in [6.45, 7) is 41.7. The third kappa shape index (κ3) is 11.4. The molecule has 6 heteroatoms. The summed E-state index contributed by atoms with van der Waals surface area (Å²) in [5.74, 6) is 11.9. The van der Waals surface area contributed by atoms with Gasteiger partial charge in [-0.1, -0.05) is 125 Å². The number of halogens is 4. The van der Waals surface area contributed by atoms with E-state index < -0.39 is 0 Å². The number of alkyl halides is 2. The van der Waals surface area contributed by atoms with Crippen molar-refractivity contribution < 1.29 is 36.4 Å². The van der Waals surface area contributed by atoms with Crippen molar-refractivity contribution in [1.29, 1.82) is 0 Å². The van der Waals surface area contributed by atoms with Crippen LogP contribution >= 0.6 is 42.3 Å². The molecule has 0 aliphatic heterocycles. The summed E-state index contributed by atoms with van der Waals surface area (Å²) in [6.07, 6.45) is 0. The molecule has 0 spiro atoms. The van der Waals surface area contributed by atoms with Crippen LogP contribution in [0.2, 0.25) is 0 Å². The van der Waals surface area contributed by atoms with E-state index in [0.29, 0.717) is 11.8 Å². The summed E-state index contributed by atoms with van der Waals surface area (Å²) >= 11 is 17.0. The Morgan fingerprint density at radius 1 is 0.375 bits per heavy atom. The number of hydrogen-bond acceptors (Lipinski definition) is 0. The molecule has 0 heterocycles. The van der Waals surface area contributed by atoms with E-state index in [0.717, 1.165) is 11.8 Å². The van der Waals surface area contributed by atoms with Crippen LogP contribution in [0.25, 0.3) is 0 Å². The van der Waals surface area contributed by atoms with Gasteiger partial charge in [-0.25, -0.2) is 0 Å². The van der Waals surface area contributed by atoms with Crippen molar-refractivity contribution in [2.24, 2.45) is 44.3 Å². The zero-order chi connectivity index (χ0) is 33.0. The molecule has 0 aromatic heterocycles. The molecule has 2 rings (SSSR count). The van der Waals surface area contributed by atoms with Gasteiger partial charge >= 0.3 is 55.4 Å². The van der Waals surface area contributed by atoms with Crippen molar-refractivity contribution >= 4 is 42.3 Å². The predicted octanol–water partition coefficient (Wildman–Crippen LogP) is 12.8. The van der Waals surface area contributed by atoms with Crippen LogP contribution in [0.4, 0.5) is 0 Å². The molecule has 0 amide bonds. The predicted molar refractivity (Wildman–Crippen MR) is 176 cm³/mol. The Balaban J connectivity index is 0. The summed E-state index contributed by atoms with van der Waals surface area (Å²) in [4.78, 5) is 0. The van der Waals surface area contributed by atoms with Gasteiger partial charge in [0.25, 0.3) is 0 Å². The Morgan fingerprint density at radius 3 is 0.600 bits per heavy atom. The summed E-state index contributed by atoms with van der Waals surface area (Å²) in [5, 5.41) is 0. The van der Waals surface area contributed by atoms with E-state index in [9.17, 15) is 0 Å². The molecular weight excluding hydrogens is 763 g/mol. The van der Waals surface area contributed by atoms with Crippen LogP contribution in [0, 0.1) is 79.8 Å². The second-order valence-electron chi connectivity index (χ2n) is 17.3. The van der Waals surface area contributed by atoms with Crippen molar-refractivity contribution in [1.82, 2.24) is 0 Å². The van der Waals surface area contributed by atoms with Gasteiger partial charge in [0, 0.05) is 11.8 Å². The topological polar surface area (TPSA) is 0 Å². The van der Waals surface area contributed by atoms with Crippen molar-refractivity contribution in [3.05, 3.63) is 35.5 Å². The van der Waals surface area contributed by atoms with Crippen molar-refractivity contribution in [2.75, 3.05) is 11.8 Å². The maximum absolute atomic E-state index is 6.27. The molecule has 2 aliphatic carbocycles. The Labute approximate surface area is 292 Å². The summed E-state index contributed by atoms with van der Waals surface area (Å²) in [6, 6.07) is 0. The average molecular weight is 824 g/mol. The molecule has 0 saturated heterocycles. The molecule has 2 saturated carbocycles. The summed E-state index contributed by atoms with van der Waals surface area (Å²) < 4.78 is 0. The fourth-order valence-electron chi connectivity index (χ4n) is 6.64. The third-order valence-electron chi connectivity index (χ3n) is 7.51. The summed E-state index contributed by atoms with van der Waals surface area (Å²) in [5.41, 5.74) is 1.31. The molecule has 2 aliphatic rings. The Morgan fingerprint density at radius 2 is 0.525 bits per heavy atom. The maximum atomic E-state index is 6.27. The minimum atomic E-state index is 0.216. The van der Waals surface area contributed by atoms with Crippen LogP contribution in [0.5, 0.6) is 0 Å². The van der Waals surface area contributed by atoms with E-state index in [-0.39, 0.29) is 32.5 Å². The minimum absolute atomic E-state index is 0.216. The number of rotatable bonds is 2. The van der Waals surface area contributed by atoms with Gasteiger partial charge in [0.05, 0.1) is 0 Å². The molecule has 0 bridgehead atoms. The first-order chi connectivity index (χ1) is 17.6. The zero-order valence-corrected chi connectivity index (χ0v) is 34.8. The van der Waals surface area contributed by atoms with Crippen molar-refractivity contribution in [3.63, 3.8) is 0 Å². The third-order valence-corrected chi connectivity index (χ3v) is 8.13. The second kappa shape index (κ2) is 16.4. The molecule has 2 fully saturated rings. The van der Waals surface area contributed by atoms with Gasteiger partial charge in [0.1, 0.15) is 0 Å². The quantitative estimate of drug-likeness (QED) is 0.192. The molecule has 0 N–H and O–H groups in total. The normalized spacial score (nSPS) is 20.4. The first-order valence-electron chi connectivity index (χ1n) is 14.2. The SMILES string of the molecule is CC(C)(C)[C]1[C](C(C)(C)C)C(CCl)[C]1C(C)(C)C.CC(C)(C)[C]1[C](C(C)(C)C)C(CCl)[C]1C(C)(C)C.[Cl][Pd+].[Cl][Pd+]. The molecule has 0 aromatic rings. The van der Waals surface area contributed by atoms with E-state index in [1.807, 2.05) is 0 Å². The second-order valence-corrected chi connectivity index (χ2v) is 17.9. The van der Waals surface area contributed by atoms with Crippen LogP contribution in [0.3, 0.4) is 0 Å². The molecule has 0 nitrogen and oxygen atoms in total. The standard InChI is InChI=1S/2C17H30Cl.2ClH.2Pd/c2*1-15(2,3)12-11(10-18)13(16(4,5)6)14(12)17(7,8)9;;;;/h2*11H,10H2,1-9H3;2*1H;;/q;;;;2*+2/p-2. The van der Waals surface area contributed by atoms with E-state index in [1.54, 1.807) is 35.5 Å². The summed E-state index contributed by atoms with van der Waals surface area (Å²) in [7, 11) is 8.98. The first kappa shape index (κ1) is 44.6. The average Bonchev–Trinajstić information content (AvgIpc) is 2.64. The molecule has 6 radical (unpaired) electrons. The van der Waals surface area contributed by atoms with Crippen LogP contribution < -0.4 is 0 Å². The molecule has 0 aromatic carbocycles.